The molecule has 102 valence electrons. The van der Waals surface area contributed by atoms with E-state index in [2.05, 4.69) is 10.2 Å². The van der Waals surface area contributed by atoms with Crippen LogP contribution in [0.1, 0.15) is 18.8 Å². The Bertz CT molecular complexity index is 449. The lowest BCUT2D eigenvalue weighted by molar-refractivity contribution is -0.133. The highest BCUT2D eigenvalue weighted by Crippen LogP contribution is 2.22. The van der Waals surface area contributed by atoms with Crippen LogP contribution in [0.3, 0.4) is 0 Å². The number of carboxylic acid groups (broad SMARTS) is 1. The minimum atomic E-state index is -0.995. The van der Waals surface area contributed by atoms with Crippen molar-refractivity contribution >= 4 is 28.5 Å². The number of aliphatic carboxylic acids is 1. The second kappa shape index (κ2) is 6.86. The van der Waals surface area contributed by atoms with Crippen LogP contribution >= 0.6 is 11.8 Å². The zero-order chi connectivity index (χ0) is 13.7. The SMILES string of the molecule is CC(CS(C)=O)n1c(CO)nnc1SCC(=O)O. The van der Waals surface area contributed by atoms with E-state index in [-0.39, 0.29) is 18.4 Å². The molecule has 0 radical (unpaired) electrons. The Morgan fingerprint density at radius 3 is 2.72 bits per heavy atom. The van der Waals surface area contributed by atoms with Gasteiger partial charge in [0.25, 0.3) is 0 Å². The van der Waals surface area contributed by atoms with Crippen molar-refractivity contribution in [1.29, 1.82) is 0 Å². The molecule has 1 aromatic rings. The van der Waals surface area contributed by atoms with Crippen LogP contribution in [0.5, 0.6) is 0 Å². The van der Waals surface area contributed by atoms with Crippen LogP contribution in [-0.2, 0) is 22.2 Å². The lowest BCUT2D eigenvalue weighted by Crippen LogP contribution is -2.17. The van der Waals surface area contributed by atoms with Crippen LogP contribution in [0.25, 0.3) is 0 Å². The van der Waals surface area contributed by atoms with Crippen LogP contribution in [0, 0.1) is 0 Å². The van der Waals surface area contributed by atoms with Crippen molar-refractivity contribution in [2.45, 2.75) is 24.7 Å². The highest BCUT2D eigenvalue weighted by atomic mass is 32.2. The zero-order valence-electron chi connectivity index (χ0n) is 10.1. The molecule has 1 aromatic heterocycles. The minimum absolute atomic E-state index is 0.133. The maximum absolute atomic E-state index is 11.2. The molecule has 0 aromatic carbocycles. The van der Waals surface area contributed by atoms with Crippen molar-refractivity contribution < 1.29 is 19.2 Å². The Morgan fingerprint density at radius 1 is 1.56 bits per heavy atom. The first-order valence-electron chi connectivity index (χ1n) is 5.15. The third kappa shape index (κ3) is 4.07. The summed E-state index contributed by atoms with van der Waals surface area (Å²) in [6, 6.07) is -0.163. The molecule has 0 bridgehead atoms. The molecular weight excluding hydrogens is 278 g/mol. The lowest BCUT2D eigenvalue weighted by Gasteiger charge is -2.15. The smallest absolute Gasteiger partial charge is 0.313 e. The van der Waals surface area contributed by atoms with Crippen LogP contribution in [0.2, 0.25) is 0 Å². The molecule has 2 N–H and O–H groups in total. The molecule has 0 aliphatic rings. The number of hydrogen-bond acceptors (Lipinski definition) is 6. The van der Waals surface area contributed by atoms with E-state index in [4.69, 9.17) is 10.2 Å². The largest absolute Gasteiger partial charge is 0.481 e. The molecule has 9 heteroatoms. The molecule has 0 saturated carbocycles. The van der Waals surface area contributed by atoms with Gasteiger partial charge in [-0.3, -0.25) is 9.00 Å². The summed E-state index contributed by atoms with van der Waals surface area (Å²) in [6.45, 7) is 1.54. The van der Waals surface area contributed by atoms with Crippen LogP contribution in [0.15, 0.2) is 5.16 Å². The van der Waals surface area contributed by atoms with E-state index < -0.39 is 16.8 Å². The molecule has 18 heavy (non-hydrogen) atoms. The summed E-state index contributed by atoms with van der Waals surface area (Å²) in [5.74, 6) is -0.343. The van der Waals surface area contributed by atoms with E-state index in [1.165, 1.54) is 0 Å². The highest BCUT2D eigenvalue weighted by Gasteiger charge is 2.18. The summed E-state index contributed by atoms with van der Waals surface area (Å²) in [4.78, 5) is 10.5. The molecule has 0 aliphatic heterocycles. The molecule has 1 heterocycles. The van der Waals surface area contributed by atoms with E-state index >= 15 is 0 Å². The summed E-state index contributed by atoms with van der Waals surface area (Å²) in [5, 5.41) is 25.9. The maximum Gasteiger partial charge on any atom is 0.313 e. The number of nitrogens with zero attached hydrogens (tertiary/aromatic N) is 3. The van der Waals surface area contributed by atoms with Gasteiger partial charge in [0.1, 0.15) is 6.61 Å². The van der Waals surface area contributed by atoms with Crippen LogP contribution in [0.4, 0.5) is 0 Å². The van der Waals surface area contributed by atoms with Crippen molar-refractivity contribution in [3.8, 4) is 0 Å². The fourth-order valence-electron chi connectivity index (χ4n) is 1.50. The van der Waals surface area contributed by atoms with Gasteiger partial charge < -0.3 is 14.8 Å². The number of aromatic nitrogens is 3. The number of hydrogen-bond donors (Lipinski definition) is 2. The molecule has 0 saturated heterocycles. The van der Waals surface area contributed by atoms with Crippen molar-refractivity contribution in [2.75, 3.05) is 17.8 Å². The van der Waals surface area contributed by atoms with Gasteiger partial charge >= 0.3 is 5.97 Å². The molecule has 2 unspecified atom stereocenters. The monoisotopic (exact) mass is 293 g/mol. The standard InChI is InChI=1S/C9H15N3O4S2/c1-6(5-18(2)16)12-7(3-13)10-11-9(12)17-4-8(14)15/h6,13H,3-5H2,1-2H3,(H,14,15). The van der Waals surface area contributed by atoms with Crippen molar-refractivity contribution in [1.82, 2.24) is 14.8 Å². The maximum atomic E-state index is 11.2. The van der Waals surface area contributed by atoms with Crippen molar-refractivity contribution in [3.05, 3.63) is 5.82 Å². The number of rotatable bonds is 7. The van der Waals surface area contributed by atoms with Gasteiger partial charge in [0.15, 0.2) is 11.0 Å². The van der Waals surface area contributed by atoms with E-state index in [9.17, 15) is 9.00 Å². The second-order valence-electron chi connectivity index (χ2n) is 3.70. The Labute approximate surface area is 111 Å². The number of thioether (sulfide) groups is 1. The first-order chi connectivity index (χ1) is 8.45. The molecule has 0 spiro atoms. The zero-order valence-corrected chi connectivity index (χ0v) is 11.7. The van der Waals surface area contributed by atoms with Gasteiger partial charge in [-0.1, -0.05) is 11.8 Å². The van der Waals surface area contributed by atoms with E-state index in [0.29, 0.717) is 16.7 Å². The van der Waals surface area contributed by atoms with Crippen LogP contribution < -0.4 is 0 Å². The lowest BCUT2D eigenvalue weighted by atomic mass is 10.4. The number of carbonyl (C=O) groups is 1. The fraction of sp³-hybridized carbons (Fsp3) is 0.667. The predicted octanol–water partition coefficient (Wildman–Crippen LogP) is -0.113. The first kappa shape index (κ1) is 15.1. The fourth-order valence-corrected chi connectivity index (χ4v) is 3.10. The van der Waals surface area contributed by atoms with Gasteiger partial charge in [-0.25, -0.2) is 0 Å². The average molecular weight is 293 g/mol. The number of aliphatic hydroxyl groups excluding tert-OH is 1. The van der Waals surface area contributed by atoms with Gasteiger partial charge in [-0.2, -0.15) is 0 Å². The van der Waals surface area contributed by atoms with Crippen molar-refractivity contribution in [2.24, 2.45) is 0 Å². The second-order valence-corrected chi connectivity index (χ2v) is 6.12. The molecule has 1 rings (SSSR count). The molecule has 0 amide bonds. The molecule has 7 nitrogen and oxygen atoms in total. The Balaban J connectivity index is 2.93. The summed E-state index contributed by atoms with van der Waals surface area (Å²) >= 11 is 1.03. The molecule has 0 aliphatic carbocycles. The van der Waals surface area contributed by atoms with Gasteiger partial charge in [-0.15, -0.1) is 10.2 Å². The third-order valence-electron chi connectivity index (χ3n) is 2.12. The van der Waals surface area contributed by atoms with Gasteiger partial charge in [0.05, 0.1) is 5.75 Å². The average Bonchev–Trinajstić information content (AvgIpc) is 2.68. The van der Waals surface area contributed by atoms with Crippen LogP contribution in [-0.4, -0.2) is 52.9 Å². The third-order valence-corrected chi connectivity index (χ3v) is 4.00. The summed E-state index contributed by atoms with van der Waals surface area (Å²) in [6.07, 6.45) is 1.59. The quantitative estimate of drug-likeness (QED) is 0.675. The normalized spacial score (nSPS) is 14.4. The molecule has 0 fully saturated rings. The topological polar surface area (TPSA) is 105 Å². The van der Waals surface area contributed by atoms with E-state index in [1.807, 2.05) is 6.92 Å². The number of carboxylic acids is 1. The Hall–Kier alpha value is -0.930. The summed E-state index contributed by atoms with van der Waals surface area (Å²) in [5.41, 5.74) is 0. The van der Waals surface area contributed by atoms with Gasteiger partial charge in [-0.05, 0) is 6.92 Å². The Kier molecular flexibility index (Phi) is 5.76. The first-order valence-corrected chi connectivity index (χ1v) is 7.86. The van der Waals surface area contributed by atoms with E-state index in [0.717, 1.165) is 11.8 Å². The summed E-state index contributed by atoms with van der Waals surface area (Å²) < 4.78 is 12.9. The number of aliphatic hydroxyl groups is 1. The molecular formula is C9H15N3O4S2. The summed E-state index contributed by atoms with van der Waals surface area (Å²) in [7, 11) is -0.995. The van der Waals surface area contributed by atoms with E-state index in [1.54, 1.807) is 10.8 Å². The minimum Gasteiger partial charge on any atom is -0.481 e. The van der Waals surface area contributed by atoms with Crippen molar-refractivity contribution in [3.63, 3.8) is 0 Å². The van der Waals surface area contributed by atoms with Gasteiger partial charge in [0.2, 0.25) is 0 Å². The predicted molar refractivity (Wildman–Crippen MR) is 67.9 cm³/mol. The van der Waals surface area contributed by atoms with Gasteiger partial charge in [0, 0.05) is 28.9 Å². The Morgan fingerprint density at radius 2 is 2.22 bits per heavy atom. The highest BCUT2D eigenvalue weighted by molar-refractivity contribution is 7.99. The molecule has 2 atom stereocenters.